The van der Waals surface area contributed by atoms with Gasteiger partial charge in [-0.2, -0.15) is 0 Å². The Bertz CT molecular complexity index is 822. The van der Waals surface area contributed by atoms with Crippen molar-refractivity contribution >= 4 is 20.6 Å². The molecule has 1 aromatic carbocycles. The normalized spacial score (nSPS) is 20.0. The molecule has 1 aliphatic rings. The number of benzene rings is 1. The largest absolute Gasteiger partial charge is 0.379 e. The molecule has 0 fully saturated rings. The molecule has 0 amide bonds. The van der Waals surface area contributed by atoms with E-state index in [0.29, 0.717) is 12.1 Å². The third kappa shape index (κ3) is 2.77. The minimum Gasteiger partial charge on any atom is -0.379 e. The lowest BCUT2D eigenvalue weighted by atomic mass is 9.90. The molecule has 0 spiro atoms. The summed E-state index contributed by atoms with van der Waals surface area (Å²) >= 11 is 3.04. The van der Waals surface area contributed by atoms with Crippen LogP contribution in [0.4, 0.5) is 22.0 Å². The van der Waals surface area contributed by atoms with Gasteiger partial charge in [0.05, 0.1) is 23.9 Å². The number of halogens is 6. The Hall–Kier alpha value is -2.03. The summed E-state index contributed by atoms with van der Waals surface area (Å²) in [7, 11) is 0. The minimum absolute atomic E-state index is 0.0977. The number of hydrogen-bond acceptors (Lipinski definition) is 3. The van der Waals surface area contributed by atoms with Gasteiger partial charge in [-0.3, -0.25) is 4.98 Å². The molecule has 0 radical (unpaired) electrons. The van der Waals surface area contributed by atoms with E-state index in [0.717, 1.165) is 12.3 Å². The van der Waals surface area contributed by atoms with Gasteiger partial charge in [-0.25, -0.2) is 22.0 Å². The third-order valence-electron chi connectivity index (χ3n) is 3.53. The van der Waals surface area contributed by atoms with Crippen molar-refractivity contribution in [1.29, 1.82) is 0 Å². The van der Waals surface area contributed by atoms with E-state index >= 15 is 0 Å². The first-order chi connectivity index (χ1) is 11.4. The lowest BCUT2D eigenvalue weighted by molar-refractivity contribution is -0.0435. The Labute approximate surface area is 141 Å². The maximum Gasteiger partial charge on any atom is 0.214 e. The van der Waals surface area contributed by atoms with Gasteiger partial charge < -0.3 is 4.84 Å². The smallest absolute Gasteiger partial charge is 0.214 e. The molecule has 9 heteroatoms. The van der Waals surface area contributed by atoms with Gasteiger partial charge in [0.15, 0.2) is 0 Å². The van der Waals surface area contributed by atoms with Crippen molar-refractivity contribution in [2.24, 2.45) is 5.16 Å². The molecule has 3 rings (SSSR count). The van der Waals surface area contributed by atoms with Crippen molar-refractivity contribution < 1.29 is 26.8 Å². The zero-order valence-electron chi connectivity index (χ0n) is 11.8. The van der Waals surface area contributed by atoms with E-state index in [-0.39, 0.29) is 22.3 Å². The molecule has 1 atom stereocenters. The van der Waals surface area contributed by atoms with Crippen LogP contribution in [0.15, 0.2) is 29.6 Å². The van der Waals surface area contributed by atoms with E-state index < -0.39 is 41.1 Å². The topological polar surface area (TPSA) is 34.5 Å². The summed E-state index contributed by atoms with van der Waals surface area (Å²) in [5.41, 5.74) is -3.10. The average Bonchev–Trinajstić information content (AvgIpc) is 2.89. The highest BCUT2D eigenvalue weighted by Gasteiger charge is 2.44. The molecule has 0 N–H and O–H groups in total. The molecule has 0 saturated carbocycles. The number of aromatic nitrogens is 1. The predicted molar refractivity (Wildman–Crippen MR) is 79.2 cm³/mol. The van der Waals surface area contributed by atoms with Crippen LogP contribution in [0.2, 0.25) is 0 Å². The van der Waals surface area contributed by atoms with Crippen LogP contribution < -0.4 is 0 Å². The maximum absolute atomic E-state index is 14.1. The Morgan fingerprint density at radius 1 is 1.08 bits per heavy atom. The van der Waals surface area contributed by atoms with Gasteiger partial charge in [0.2, 0.25) is 5.60 Å². The first-order valence-electron chi connectivity index (χ1n) is 6.64. The van der Waals surface area contributed by atoms with Gasteiger partial charge in [-0.05, 0) is 22.0 Å². The van der Waals surface area contributed by atoms with Crippen LogP contribution in [0.1, 0.15) is 12.1 Å². The molecule has 1 aliphatic heterocycles. The summed E-state index contributed by atoms with van der Waals surface area (Å²) in [6.45, 7) is -1.12. The number of nitrogens with zero attached hydrogens (tertiary/aromatic N) is 2. The lowest BCUT2D eigenvalue weighted by Crippen LogP contribution is -2.30. The van der Waals surface area contributed by atoms with Crippen LogP contribution in [0.25, 0.3) is 11.1 Å². The van der Waals surface area contributed by atoms with Crippen molar-refractivity contribution in [2.45, 2.75) is 12.0 Å². The molecule has 0 saturated heterocycles. The fourth-order valence-electron chi connectivity index (χ4n) is 2.49. The Morgan fingerprint density at radius 2 is 1.75 bits per heavy atom. The second kappa shape index (κ2) is 6.12. The fraction of sp³-hybridized carbons (Fsp3) is 0.200. The summed E-state index contributed by atoms with van der Waals surface area (Å²) in [5.74, 6) is -4.58. The van der Waals surface area contributed by atoms with E-state index in [1.54, 1.807) is 0 Å². The van der Waals surface area contributed by atoms with Crippen LogP contribution in [0.5, 0.6) is 0 Å². The van der Waals surface area contributed by atoms with Gasteiger partial charge in [0, 0.05) is 17.7 Å². The molecule has 24 heavy (non-hydrogen) atoms. The standard InChI is InChI=1S/C15H8BrF5N2O/c16-12-4-15(6-17,24-23-12)14-9(1-8(19)5-22-14)13-10(20)2-7(18)3-11(13)21/h1-3,5H,4,6H2. The Morgan fingerprint density at radius 3 is 2.29 bits per heavy atom. The van der Waals surface area contributed by atoms with E-state index in [2.05, 4.69) is 26.1 Å². The summed E-state index contributed by atoms with van der Waals surface area (Å²) < 4.78 is 68.9. The van der Waals surface area contributed by atoms with E-state index in [9.17, 15) is 22.0 Å². The molecule has 1 unspecified atom stereocenters. The first-order valence-corrected chi connectivity index (χ1v) is 7.43. The van der Waals surface area contributed by atoms with Crippen LogP contribution in [0.3, 0.4) is 0 Å². The number of pyridine rings is 1. The van der Waals surface area contributed by atoms with E-state index in [1.807, 2.05) is 0 Å². The Balaban J connectivity index is 2.25. The summed E-state index contributed by atoms with van der Waals surface area (Å²) in [6, 6.07) is 1.67. The number of alkyl halides is 1. The molecule has 126 valence electrons. The van der Waals surface area contributed by atoms with Crippen LogP contribution >= 0.6 is 15.9 Å². The second-order valence-electron chi connectivity index (χ2n) is 5.16. The number of hydrogen-bond donors (Lipinski definition) is 0. The highest BCUT2D eigenvalue weighted by molar-refractivity contribution is 9.18. The van der Waals surface area contributed by atoms with Crippen molar-refractivity contribution in [2.75, 3.05) is 6.67 Å². The monoisotopic (exact) mass is 406 g/mol. The summed E-state index contributed by atoms with van der Waals surface area (Å²) in [5, 5.41) is 3.57. The minimum atomic E-state index is -1.75. The zero-order chi connectivity index (χ0) is 17.5. The second-order valence-corrected chi connectivity index (χ2v) is 6.07. The SMILES string of the molecule is FCC1(c2ncc(F)cc2-c2c(F)cc(F)cc2F)CC(Br)=NO1. The summed E-state index contributed by atoms with van der Waals surface area (Å²) in [6.07, 6.45) is 0.671. The van der Waals surface area contributed by atoms with Gasteiger partial charge in [-0.15, -0.1) is 0 Å². The number of oxime groups is 1. The third-order valence-corrected chi connectivity index (χ3v) is 3.95. The molecule has 3 nitrogen and oxygen atoms in total. The Kier molecular flexibility index (Phi) is 4.29. The van der Waals surface area contributed by atoms with E-state index in [4.69, 9.17) is 4.84 Å². The van der Waals surface area contributed by atoms with E-state index in [1.165, 1.54) is 0 Å². The maximum atomic E-state index is 14.1. The lowest BCUT2D eigenvalue weighted by Gasteiger charge is -2.25. The van der Waals surface area contributed by atoms with Crippen molar-refractivity contribution in [3.05, 3.63) is 53.4 Å². The average molecular weight is 407 g/mol. The molecule has 0 bridgehead atoms. The molecule has 1 aromatic heterocycles. The molecular formula is C15H8BrF5N2O. The quantitative estimate of drug-likeness (QED) is 0.698. The fourth-order valence-corrected chi connectivity index (χ4v) is 3.02. The molecule has 2 heterocycles. The van der Waals surface area contributed by atoms with Crippen LogP contribution in [-0.4, -0.2) is 16.3 Å². The van der Waals surface area contributed by atoms with Gasteiger partial charge >= 0.3 is 0 Å². The first kappa shape index (κ1) is 16.8. The van der Waals surface area contributed by atoms with Gasteiger partial charge in [-0.1, -0.05) is 5.16 Å². The van der Waals surface area contributed by atoms with Gasteiger partial charge in [0.1, 0.15) is 34.6 Å². The van der Waals surface area contributed by atoms with Gasteiger partial charge in [0.25, 0.3) is 0 Å². The number of rotatable bonds is 3. The van der Waals surface area contributed by atoms with Crippen LogP contribution in [-0.2, 0) is 10.4 Å². The van der Waals surface area contributed by atoms with Crippen molar-refractivity contribution in [3.8, 4) is 11.1 Å². The molecular weight excluding hydrogens is 399 g/mol. The van der Waals surface area contributed by atoms with Crippen molar-refractivity contribution in [3.63, 3.8) is 0 Å². The van der Waals surface area contributed by atoms with Crippen LogP contribution in [0, 0.1) is 23.3 Å². The highest BCUT2D eigenvalue weighted by atomic mass is 79.9. The molecule has 0 aliphatic carbocycles. The predicted octanol–water partition coefficient (Wildman–Crippen LogP) is 4.60. The molecule has 2 aromatic rings. The zero-order valence-corrected chi connectivity index (χ0v) is 13.4. The van der Waals surface area contributed by atoms with Crippen molar-refractivity contribution in [1.82, 2.24) is 4.98 Å². The summed E-state index contributed by atoms with van der Waals surface area (Å²) in [4.78, 5) is 8.81. The highest BCUT2D eigenvalue weighted by Crippen LogP contribution is 2.42.